The summed E-state index contributed by atoms with van der Waals surface area (Å²) in [5.74, 6) is -4.14. The smallest absolute Gasteiger partial charge is 0.326 e. The fourth-order valence-corrected chi connectivity index (χ4v) is 1.90. The average molecular weight is 405 g/mol. The predicted octanol–water partition coefficient (Wildman–Crippen LogP) is -4.42. The third kappa shape index (κ3) is 10.2. The highest BCUT2D eigenvalue weighted by Gasteiger charge is 2.26. The maximum absolute atomic E-state index is 12.1. The number of aliphatic hydroxyl groups excluding tert-OH is 1. The number of aliphatic carboxylic acids is 1. The zero-order valence-corrected chi connectivity index (χ0v) is 15.1. The number of hydrogen-bond donors (Lipinski definition) is 9. The van der Waals surface area contributed by atoms with Gasteiger partial charge in [0.15, 0.2) is 0 Å². The lowest BCUT2D eigenvalue weighted by Gasteiger charge is -2.20. The van der Waals surface area contributed by atoms with E-state index in [-0.39, 0.29) is 6.42 Å². The van der Waals surface area contributed by atoms with Crippen molar-refractivity contribution in [3.63, 3.8) is 0 Å². The third-order valence-corrected chi connectivity index (χ3v) is 3.42. The highest BCUT2D eigenvalue weighted by molar-refractivity contribution is 5.93. The first-order valence-electron chi connectivity index (χ1n) is 8.36. The summed E-state index contributed by atoms with van der Waals surface area (Å²) in [4.78, 5) is 57.8. The topological polar surface area (TPSA) is 252 Å². The number of carboxylic acid groups (broad SMARTS) is 1. The molecule has 0 aromatic carbocycles. The molecular formula is C14H27N7O7. The Morgan fingerprint density at radius 2 is 1.50 bits per heavy atom. The standard InChI is InChI=1S/C14H27N7O7/c15-4-2-1-3-8(13(26)27)18-14(28)19-9(5-10(17)23)12(25)21-20-11(24)7(16)6-22/h7-9,22H,1-6,15-16H2,(H2,17,23)(H,20,24)(H,21,25)(H,26,27)(H2,18,19,28)/t7-,8-,9-/m0/s1. The van der Waals surface area contributed by atoms with Gasteiger partial charge in [0.2, 0.25) is 5.91 Å². The first kappa shape index (κ1) is 25.0. The van der Waals surface area contributed by atoms with E-state index in [1.807, 2.05) is 10.9 Å². The fourth-order valence-electron chi connectivity index (χ4n) is 1.90. The van der Waals surface area contributed by atoms with Crippen LogP contribution in [0, 0.1) is 0 Å². The largest absolute Gasteiger partial charge is 0.480 e. The lowest BCUT2D eigenvalue weighted by molar-refractivity contribution is -0.139. The SMILES string of the molecule is NCCCC[C@H](NC(=O)N[C@@H](CC(N)=O)C(=O)NNC(=O)[C@@H](N)CO)C(=O)O. The van der Waals surface area contributed by atoms with Crippen molar-refractivity contribution in [3.8, 4) is 0 Å². The highest BCUT2D eigenvalue weighted by Crippen LogP contribution is 2.01. The molecular weight excluding hydrogens is 378 g/mol. The van der Waals surface area contributed by atoms with E-state index in [4.69, 9.17) is 27.4 Å². The van der Waals surface area contributed by atoms with Gasteiger partial charge in [-0.3, -0.25) is 25.2 Å². The molecule has 0 heterocycles. The van der Waals surface area contributed by atoms with Crippen molar-refractivity contribution in [3.05, 3.63) is 0 Å². The summed E-state index contributed by atoms with van der Waals surface area (Å²) >= 11 is 0. The van der Waals surface area contributed by atoms with Crippen LogP contribution in [0.2, 0.25) is 0 Å². The lowest BCUT2D eigenvalue weighted by atomic mass is 10.1. The van der Waals surface area contributed by atoms with Crippen LogP contribution in [0.25, 0.3) is 0 Å². The van der Waals surface area contributed by atoms with E-state index in [1.54, 1.807) is 0 Å². The highest BCUT2D eigenvalue weighted by atomic mass is 16.4. The molecule has 28 heavy (non-hydrogen) atoms. The molecule has 0 bridgehead atoms. The first-order chi connectivity index (χ1) is 13.1. The van der Waals surface area contributed by atoms with Crippen LogP contribution >= 0.6 is 0 Å². The molecule has 0 saturated heterocycles. The van der Waals surface area contributed by atoms with E-state index >= 15 is 0 Å². The van der Waals surface area contributed by atoms with Crippen molar-refractivity contribution in [2.45, 2.75) is 43.8 Å². The number of primary amides is 1. The molecule has 0 fully saturated rings. The molecule has 0 rings (SSSR count). The predicted molar refractivity (Wildman–Crippen MR) is 94.9 cm³/mol. The molecule has 0 aromatic heterocycles. The number of hydrogen-bond acceptors (Lipinski definition) is 8. The maximum Gasteiger partial charge on any atom is 0.326 e. The van der Waals surface area contributed by atoms with Gasteiger partial charge in [-0.2, -0.15) is 0 Å². The summed E-state index contributed by atoms with van der Waals surface area (Å²) in [6.45, 7) is -0.307. The minimum absolute atomic E-state index is 0.113. The molecule has 0 saturated carbocycles. The molecule has 0 radical (unpaired) electrons. The molecule has 0 aliphatic heterocycles. The number of aliphatic hydroxyl groups is 1. The second kappa shape index (κ2) is 13.2. The number of nitrogens with one attached hydrogen (secondary N) is 4. The Labute approximate surface area is 160 Å². The number of carbonyl (C=O) groups is 5. The van der Waals surface area contributed by atoms with Crippen LogP contribution < -0.4 is 38.7 Å². The normalized spacial score (nSPS) is 13.5. The van der Waals surface area contributed by atoms with Crippen molar-refractivity contribution in [2.24, 2.45) is 17.2 Å². The van der Waals surface area contributed by atoms with E-state index in [9.17, 15) is 24.0 Å². The van der Waals surface area contributed by atoms with Crippen LogP contribution in [0.15, 0.2) is 0 Å². The van der Waals surface area contributed by atoms with Gasteiger partial charge in [-0.25, -0.2) is 9.59 Å². The number of carbonyl (C=O) groups excluding carboxylic acids is 4. The van der Waals surface area contributed by atoms with E-state index in [0.717, 1.165) is 0 Å². The monoisotopic (exact) mass is 405 g/mol. The minimum Gasteiger partial charge on any atom is -0.480 e. The molecule has 0 aromatic rings. The van der Waals surface area contributed by atoms with E-state index in [1.165, 1.54) is 0 Å². The van der Waals surface area contributed by atoms with Gasteiger partial charge in [-0.15, -0.1) is 0 Å². The number of rotatable bonds is 12. The number of urea groups is 1. The van der Waals surface area contributed by atoms with Gasteiger partial charge >= 0.3 is 12.0 Å². The van der Waals surface area contributed by atoms with Crippen LogP contribution in [-0.4, -0.2) is 71.2 Å². The Morgan fingerprint density at radius 1 is 0.929 bits per heavy atom. The molecule has 14 heteroatoms. The summed E-state index contributed by atoms with van der Waals surface area (Å²) in [6.07, 6.45) is 0.513. The number of carboxylic acids is 1. The Bertz CT molecular complexity index is 572. The van der Waals surface area contributed by atoms with Crippen LogP contribution in [0.1, 0.15) is 25.7 Å². The Morgan fingerprint density at radius 3 is 2.00 bits per heavy atom. The van der Waals surface area contributed by atoms with Gasteiger partial charge in [-0.1, -0.05) is 0 Å². The summed E-state index contributed by atoms with van der Waals surface area (Å²) in [7, 11) is 0. The zero-order valence-electron chi connectivity index (χ0n) is 15.1. The molecule has 0 spiro atoms. The van der Waals surface area contributed by atoms with Crippen LogP contribution in [0.5, 0.6) is 0 Å². The second-order valence-electron chi connectivity index (χ2n) is 5.78. The molecule has 160 valence electrons. The van der Waals surface area contributed by atoms with Gasteiger partial charge in [0.05, 0.1) is 13.0 Å². The summed E-state index contributed by atoms with van der Waals surface area (Å²) in [5, 5.41) is 22.1. The minimum atomic E-state index is -1.50. The summed E-state index contributed by atoms with van der Waals surface area (Å²) in [6, 6.07) is -5.05. The Hall–Kier alpha value is -2.97. The van der Waals surface area contributed by atoms with Crippen molar-refractivity contribution in [1.29, 1.82) is 0 Å². The van der Waals surface area contributed by atoms with Crippen molar-refractivity contribution < 1.29 is 34.2 Å². The number of nitrogens with two attached hydrogens (primary N) is 3. The molecule has 14 nitrogen and oxygen atoms in total. The van der Waals surface area contributed by atoms with Gasteiger partial charge in [0.1, 0.15) is 18.1 Å². The van der Waals surface area contributed by atoms with Crippen LogP contribution in [-0.2, 0) is 19.2 Å². The maximum atomic E-state index is 12.1. The number of hydrazine groups is 1. The van der Waals surface area contributed by atoms with Gasteiger partial charge in [-0.05, 0) is 25.8 Å². The second-order valence-corrected chi connectivity index (χ2v) is 5.78. The van der Waals surface area contributed by atoms with Crippen molar-refractivity contribution in [1.82, 2.24) is 21.5 Å². The average Bonchev–Trinajstić information content (AvgIpc) is 2.63. The first-order valence-corrected chi connectivity index (χ1v) is 8.36. The lowest BCUT2D eigenvalue weighted by Crippen LogP contribution is -2.58. The summed E-state index contributed by atoms with van der Waals surface area (Å²) in [5.41, 5.74) is 19.4. The Kier molecular flexibility index (Phi) is 11.8. The van der Waals surface area contributed by atoms with E-state index in [2.05, 4.69) is 10.6 Å². The van der Waals surface area contributed by atoms with Crippen LogP contribution in [0.3, 0.4) is 0 Å². The molecule has 3 atom stereocenters. The third-order valence-electron chi connectivity index (χ3n) is 3.42. The Balaban J connectivity index is 4.84. The quantitative estimate of drug-likeness (QED) is 0.112. The van der Waals surface area contributed by atoms with Crippen molar-refractivity contribution in [2.75, 3.05) is 13.2 Å². The van der Waals surface area contributed by atoms with Crippen LogP contribution in [0.4, 0.5) is 4.79 Å². The molecule has 0 aliphatic carbocycles. The summed E-state index contributed by atoms with van der Waals surface area (Å²) < 4.78 is 0. The van der Waals surface area contributed by atoms with Gasteiger partial charge < -0.3 is 38.0 Å². The molecule has 5 amide bonds. The number of amides is 5. The van der Waals surface area contributed by atoms with E-state index < -0.39 is 60.9 Å². The fraction of sp³-hybridized carbons (Fsp3) is 0.643. The van der Waals surface area contributed by atoms with Gasteiger partial charge in [0, 0.05) is 0 Å². The van der Waals surface area contributed by atoms with Crippen molar-refractivity contribution >= 4 is 29.7 Å². The molecule has 0 unspecified atom stereocenters. The molecule has 12 N–H and O–H groups in total. The number of unbranched alkanes of at least 4 members (excludes halogenated alkanes) is 1. The zero-order chi connectivity index (χ0) is 21.7. The van der Waals surface area contributed by atoms with E-state index in [0.29, 0.717) is 19.4 Å². The molecule has 0 aliphatic rings. The van der Waals surface area contributed by atoms with Gasteiger partial charge in [0.25, 0.3) is 11.8 Å².